The van der Waals surface area contributed by atoms with E-state index in [-0.39, 0.29) is 5.91 Å². The van der Waals surface area contributed by atoms with Crippen molar-refractivity contribution in [1.29, 1.82) is 0 Å². The highest BCUT2D eigenvalue weighted by atomic mass is 16.2. The molecular weight excluding hydrogens is 176 g/mol. The highest BCUT2D eigenvalue weighted by Gasteiger charge is 2.16. The maximum absolute atomic E-state index is 11.3. The van der Waals surface area contributed by atoms with E-state index in [0.717, 1.165) is 5.56 Å². The number of carbonyl (C=O) groups is 1. The summed E-state index contributed by atoms with van der Waals surface area (Å²) in [6, 6.07) is 8.11. The molecule has 1 heterocycles. The molecule has 0 spiro atoms. The quantitative estimate of drug-likeness (QED) is 0.695. The average molecular weight is 188 g/mol. The molecule has 1 aromatic rings. The zero-order valence-corrected chi connectivity index (χ0v) is 8.10. The van der Waals surface area contributed by atoms with Gasteiger partial charge in [0.15, 0.2) is 0 Å². The van der Waals surface area contributed by atoms with E-state index in [2.05, 4.69) is 11.2 Å². The van der Waals surface area contributed by atoms with Crippen molar-refractivity contribution in [2.45, 2.75) is 19.9 Å². The minimum absolute atomic E-state index is 0.0755. The van der Waals surface area contributed by atoms with Gasteiger partial charge in [-0.15, -0.1) is 0 Å². The molecule has 3 nitrogen and oxygen atoms in total. The lowest BCUT2D eigenvalue weighted by Crippen LogP contribution is -2.19. The molecule has 1 aliphatic rings. The fourth-order valence-corrected chi connectivity index (χ4v) is 1.50. The fourth-order valence-electron chi connectivity index (χ4n) is 1.50. The number of nitrogens with zero attached hydrogens (tertiary/aromatic N) is 2. The number of hydrogen-bond donors (Lipinski definition) is 0. The molecule has 0 unspecified atom stereocenters. The van der Waals surface area contributed by atoms with Crippen LogP contribution in [0.1, 0.15) is 17.5 Å². The van der Waals surface area contributed by atoms with Gasteiger partial charge in [0.05, 0.1) is 13.0 Å². The Kier molecular flexibility index (Phi) is 2.31. The summed E-state index contributed by atoms with van der Waals surface area (Å²) < 4.78 is 0. The fraction of sp³-hybridized carbons (Fsp3) is 0.273. The third-order valence-corrected chi connectivity index (χ3v) is 2.19. The first kappa shape index (κ1) is 8.94. The second-order valence-electron chi connectivity index (χ2n) is 3.44. The average Bonchev–Trinajstić information content (AvgIpc) is 2.52. The van der Waals surface area contributed by atoms with Crippen LogP contribution in [0.4, 0.5) is 0 Å². The third kappa shape index (κ3) is 1.82. The Labute approximate surface area is 83.0 Å². The molecule has 0 N–H and O–H groups in total. The van der Waals surface area contributed by atoms with E-state index in [4.69, 9.17) is 0 Å². The Balaban J connectivity index is 2.10. The maximum Gasteiger partial charge on any atom is 0.248 e. The topological polar surface area (TPSA) is 32.7 Å². The van der Waals surface area contributed by atoms with E-state index in [1.54, 1.807) is 6.21 Å². The Hall–Kier alpha value is -1.64. The zero-order valence-electron chi connectivity index (χ0n) is 8.10. The van der Waals surface area contributed by atoms with Crippen LogP contribution in [0, 0.1) is 6.92 Å². The molecule has 0 aromatic heterocycles. The van der Waals surface area contributed by atoms with Gasteiger partial charge in [0, 0.05) is 6.21 Å². The summed E-state index contributed by atoms with van der Waals surface area (Å²) in [6.07, 6.45) is 2.09. The molecular formula is C11H12N2O. The predicted molar refractivity (Wildman–Crippen MR) is 54.8 cm³/mol. The number of amides is 1. The first-order chi connectivity index (χ1) is 6.75. The summed E-state index contributed by atoms with van der Waals surface area (Å²) in [4.78, 5) is 11.3. The van der Waals surface area contributed by atoms with Crippen LogP contribution in [0.25, 0.3) is 0 Å². The monoisotopic (exact) mass is 188 g/mol. The van der Waals surface area contributed by atoms with Crippen molar-refractivity contribution in [3.8, 4) is 0 Å². The minimum Gasteiger partial charge on any atom is -0.273 e. The SMILES string of the molecule is Cc1cccc(CN2N=CCC2=O)c1. The Morgan fingerprint density at radius 2 is 2.36 bits per heavy atom. The van der Waals surface area contributed by atoms with E-state index in [1.165, 1.54) is 10.6 Å². The maximum atomic E-state index is 11.3. The molecule has 0 aliphatic carbocycles. The van der Waals surface area contributed by atoms with Crippen molar-refractivity contribution >= 4 is 12.1 Å². The highest BCUT2D eigenvalue weighted by Crippen LogP contribution is 2.11. The first-order valence-electron chi connectivity index (χ1n) is 4.64. The minimum atomic E-state index is 0.0755. The van der Waals surface area contributed by atoms with E-state index < -0.39 is 0 Å². The van der Waals surface area contributed by atoms with Gasteiger partial charge in [-0.05, 0) is 12.5 Å². The van der Waals surface area contributed by atoms with Crippen molar-refractivity contribution in [1.82, 2.24) is 5.01 Å². The second kappa shape index (κ2) is 3.62. The number of benzene rings is 1. The number of hydrogen-bond acceptors (Lipinski definition) is 2. The molecule has 2 rings (SSSR count). The van der Waals surface area contributed by atoms with Gasteiger partial charge >= 0.3 is 0 Å². The summed E-state index contributed by atoms with van der Waals surface area (Å²) in [5, 5.41) is 5.51. The van der Waals surface area contributed by atoms with Crippen LogP contribution in [-0.2, 0) is 11.3 Å². The smallest absolute Gasteiger partial charge is 0.248 e. The molecule has 14 heavy (non-hydrogen) atoms. The Morgan fingerprint density at radius 3 is 3.00 bits per heavy atom. The van der Waals surface area contributed by atoms with Gasteiger partial charge in [-0.25, -0.2) is 5.01 Å². The molecule has 1 amide bonds. The molecule has 0 saturated carbocycles. The first-order valence-corrected chi connectivity index (χ1v) is 4.64. The van der Waals surface area contributed by atoms with Crippen molar-refractivity contribution in [2.75, 3.05) is 0 Å². The summed E-state index contributed by atoms with van der Waals surface area (Å²) in [6.45, 7) is 2.62. The molecule has 0 radical (unpaired) electrons. The van der Waals surface area contributed by atoms with Crippen LogP contribution in [0.2, 0.25) is 0 Å². The molecule has 0 fully saturated rings. The van der Waals surface area contributed by atoms with Gasteiger partial charge in [0.25, 0.3) is 0 Å². The van der Waals surface area contributed by atoms with Crippen LogP contribution < -0.4 is 0 Å². The van der Waals surface area contributed by atoms with Crippen LogP contribution in [0.5, 0.6) is 0 Å². The zero-order chi connectivity index (χ0) is 9.97. The van der Waals surface area contributed by atoms with Gasteiger partial charge < -0.3 is 0 Å². The predicted octanol–water partition coefficient (Wildman–Crippen LogP) is 1.71. The normalized spacial score (nSPS) is 15.2. The highest BCUT2D eigenvalue weighted by molar-refractivity contribution is 5.93. The summed E-state index contributed by atoms with van der Waals surface area (Å²) in [5.41, 5.74) is 2.33. The van der Waals surface area contributed by atoms with Crippen molar-refractivity contribution in [3.63, 3.8) is 0 Å². The Bertz CT molecular complexity index is 385. The number of carbonyl (C=O) groups excluding carboxylic acids is 1. The largest absolute Gasteiger partial charge is 0.273 e. The number of hydrazone groups is 1. The third-order valence-electron chi connectivity index (χ3n) is 2.19. The van der Waals surface area contributed by atoms with Gasteiger partial charge in [-0.2, -0.15) is 5.10 Å². The van der Waals surface area contributed by atoms with Crippen LogP contribution in [0.3, 0.4) is 0 Å². The van der Waals surface area contributed by atoms with Gasteiger partial charge in [0.1, 0.15) is 0 Å². The lowest BCUT2D eigenvalue weighted by Gasteiger charge is -2.11. The second-order valence-corrected chi connectivity index (χ2v) is 3.44. The molecule has 1 aliphatic heterocycles. The summed E-state index contributed by atoms with van der Waals surface area (Å²) in [7, 11) is 0. The van der Waals surface area contributed by atoms with Crippen molar-refractivity contribution in [2.24, 2.45) is 5.10 Å². The van der Waals surface area contributed by atoms with E-state index in [1.807, 2.05) is 25.1 Å². The molecule has 0 atom stereocenters. The van der Waals surface area contributed by atoms with Crippen molar-refractivity contribution in [3.05, 3.63) is 35.4 Å². The van der Waals surface area contributed by atoms with Crippen LogP contribution in [-0.4, -0.2) is 17.1 Å². The van der Waals surface area contributed by atoms with Gasteiger partial charge in [-0.3, -0.25) is 4.79 Å². The van der Waals surface area contributed by atoms with Crippen molar-refractivity contribution < 1.29 is 4.79 Å². The molecule has 3 heteroatoms. The number of aryl methyl sites for hydroxylation is 1. The molecule has 0 saturated heterocycles. The van der Waals surface area contributed by atoms with Gasteiger partial charge in [0.2, 0.25) is 5.91 Å². The van der Waals surface area contributed by atoms with E-state index in [9.17, 15) is 4.79 Å². The van der Waals surface area contributed by atoms with E-state index >= 15 is 0 Å². The summed E-state index contributed by atoms with van der Waals surface area (Å²) in [5.74, 6) is 0.0755. The Morgan fingerprint density at radius 1 is 1.50 bits per heavy atom. The van der Waals surface area contributed by atoms with Crippen LogP contribution in [0.15, 0.2) is 29.4 Å². The number of rotatable bonds is 2. The lowest BCUT2D eigenvalue weighted by atomic mass is 10.1. The lowest BCUT2D eigenvalue weighted by molar-refractivity contribution is -0.129. The standard InChI is InChI=1S/C11H12N2O/c1-9-3-2-4-10(7-9)8-13-11(14)5-6-12-13/h2-4,6-7H,5,8H2,1H3. The molecule has 0 bridgehead atoms. The molecule has 1 aromatic carbocycles. The van der Waals surface area contributed by atoms with Gasteiger partial charge in [-0.1, -0.05) is 29.8 Å². The van der Waals surface area contributed by atoms with E-state index in [0.29, 0.717) is 13.0 Å². The van der Waals surface area contributed by atoms with Crippen LogP contribution >= 0.6 is 0 Å². The summed E-state index contributed by atoms with van der Waals surface area (Å²) >= 11 is 0. The molecule has 72 valence electrons.